The van der Waals surface area contributed by atoms with Gasteiger partial charge in [-0.05, 0) is 43.0 Å². The predicted octanol–water partition coefficient (Wildman–Crippen LogP) is 4.54. The number of sulfonamides is 1. The van der Waals surface area contributed by atoms with Gasteiger partial charge in [0.2, 0.25) is 21.8 Å². The summed E-state index contributed by atoms with van der Waals surface area (Å²) >= 11 is 12.2. The standard InChI is InChI=1S/C26H32Cl2N4O7S/c1-4-22(26(34)29-18-7-5-6-8-18)30(15-17-9-11-20(27)21(28)13-17)25(33)16-31(40(3,37)38)23-14-19(32(35)36)10-12-24(23)39-2/h9-14,18,22H,4-8,15-16H2,1-3H3,(H,29,34)/t22-/m0/s1. The van der Waals surface area contributed by atoms with Gasteiger partial charge in [-0.1, -0.05) is 49.0 Å². The van der Waals surface area contributed by atoms with Gasteiger partial charge in [0, 0.05) is 24.7 Å². The third kappa shape index (κ3) is 7.76. The molecule has 0 aliphatic heterocycles. The number of anilines is 1. The van der Waals surface area contributed by atoms with Crippen molar-refractivity contribution in [3.05, 3.63) is 62.1 Å². The highest BCUT2D eigenvalue weighted by molar-refractivity contribution is 7.92. The molecule has 2 aromatic carbocycles. The average Bonchev–Trinajstić information content (AvgIpc) is 3.41. The van der Waals surface area contributed by atoms with Gasteiger partial charge in [0.1, 0.15) is 24.0 Å². The highest BCUT2D eigenvalue weighted by atomic mass is 35.5. The minimum absolute atomic E-state index is 0.00475. The fourth-order valence-electron chi connectivity index (χ4n) is 4.70. The minimum atomic E-state index is -4.13. The zero-order valence-electron chi connectivity index (χ0n) is 22.4. The lowest BCUT2D eigenvalue weighted by Gasteiger charge is -2.33. The van der Waals surface area contributed by atoms with Gasteiger partial charge >= 0.3 is 0 Å². The molecule has 14 heteroatoms. The first-order chi connectivity index (χ1) is 18.8. The third-order valence-corrected chi connectivity index (χ3v) is 8.61. The number of benzene rings is 2. The molecule has 0 bridgehead atoms. The van der Waals surface area contributed by atoms with Gasteiger partial charge in [0.05, 0.1) is 28.3 Å². The molecule has 2 amide bonds. The maximum atomic E-state index is 13.9. The van der Waals surface area contributed by atoms with E-state index in [4.69, 9.17) is 27.9 Å². The normalized spacial score (nSPS) is 14.4. The molecule has 0 spiro atoms. The molecule has 1 N–H and O–H groups in total. The molecule has 2 aromatic rings. The molecule has 1 aliphatic rings. The SMILES string of the molecule is CC[C@@H](C(=O)NC1CCCC1)N(Cc1ccc(Cl)c(Cl)c1)C(=O)CN(c1cc([N+](=O)[O-])ccc1OC)S(C)(=O)=O. The first-order valence-corrected chi connectivity index (χ1v) is 15.3. The number of ether oxygens (including phenoxy) is 1. The Morgan fingerprint density at radius 1 is 1.15 bits per heavy atom. The quantitative estimate of drug-likeness (QED) is 0.273. The monoisotopic (exact) mass is 614 g/mol. The Bertz CT molecular complexity index is 1370. The van der Waals surface area contributed by atoms with E-state index in [1.165, 1.54) is 24.1 Å². The molecule has 1 fully saturated rings. The molecule has 0 aromatic heterocycles. The van der Waals surface area contributed by atoms with E-state index < -0.39 is 33.4 Å². The summed E-state index contributed by atoms with van der Waals surface area (Å²) in [6.07, 6.45) is 4.83. The average molecular weight is 616 g/mol. The second-order valence-electron chi connectivity index (χ2n) is 9.57. The summed E-state index contributed by atoms with van der Waals surface area (Å²) in [6.45, 7) is 0.965. The summed E-state index contributed by atoms with van der Waals surface area (Å²) in [5, 5.41) is 15.0. The third-order valence-electron chi connectivity index (χ3n) is 6.75. The molecule has 0 radical (unpaired) electrons. The number of non-ortho nitro benzene ring substituents is 1. The number of amides is 2. The Balaban J connectivity index is 2.02. The van der Waals surface area contributed by atoms with Crippen molar-refractivity contribution in [1.82, 2.24) is 10.2 Å². The van der Waals surface area contributed by atoms with Crippen LogP contribution < -0.4 is 14.4 Å². The predicted molar refractivity (Wildman–Crippen MR) is 153 cm³/mol. The molecule has 218 valence electrons. The first kappa shape index (κ1) is 31.4. The van der Waals surface area contributed by atoms with Crippen molar-refractivity contribution in [2.24, 2.45) is 0 Å². The summed E-state index contributed by atoms with van der Waals surface area (Å²) in [6, 6.07) is 7.34. The molecule has 1 saturated carbocycles. The summed E-state index contributed by atoms with van der Waals surface area (Å²) in [4.78, 5) is 39.3. The molecule has 40 heavy (non-hydrogen) atoms. The van der Waals surface area contributed by atoms with Crippen LogP contribution in [0.2, 0.25) is 10.0 Å². The van der Waals surface area contributed by atoms with Crippen LogP contribution in [0, 0.1) is 10.1 Å². The van der Waals surface area contributed by atoms with E-state index in [2.05, 4.69) is 5.32 Å². The van der Waals surface area contributed by atoms with Crippen molar-refractivity contribution in [3.8, 4) is 5.75 Å². The van der Waals surface area contributed by atoms with Crippen LogP contribution in [0.15, 0.2) is 36.4 Å². The lowest BCUT2D eigenvalue weighted by molar-refractivity contribution is -0.384. The van der Waals surface area contributed by atoms with E-state index in [1.54, 1.807) is 25.1 Å². The van der Waals surface area contributed by atoms with Crippen LogP contribution in [0.5, 0.6) is 5.75 Å². The van der Waals surface area contributed by atoms with E-state index in [-0.39, 0.29) is 47.1 Å². The van der Waals surface area contributed by atoms with Crippen molar-refractivity contribution >= 4 is 56.4 Å². The fourth-order valence-corrected chi connectivity index (χ4v) is 5.87. The number of hydrogen-bond acceptors (Lipinski definition) is 7. The Kier molecular flexibility index (Phi) is 10.6. The largest absolute Gasteiger partial charge is 0.495 e. The van der Waals surface area contributed by atoms with E-state index in [0.717, 1.165) is 42.3 Å². The van der Waals surface area contributed by atoms with Crippen molar-refractivity contribution in [3.63, 3.8) is 0 Å². The highest BCUT2D eigenvalue weighted by Gasteiger charge is 2.34. The zero-order chi connectivity index (χ0) is 29.6. The molecule has 1 aliphatic carbocycles. The lowest BCUT2D eigenvalue weighted by atomic mass is 10.1. The molecule has 0 saturated heterocycles. The number of methoxy groups -OCH3 is 1. The van der Waals surface area contributed by atoms with Crippen LogP contribution in [0.4, 0.5) is 11.4 Å². The first-order valence-electron chi connectivity index (χ1n) is 12.7. The second kappa shape index (κ2) is 13.5. The van der Waals surface area contributed by atoms with Gasteiger partial charge in [0.25, 0.3) is 5.69 Å². The van der Waals surface area contributed by atoms with Crippen molar-refractivity contribution < 1.29 is 27.7 Å². The number of carbonyl (C=O) groups is 2. The molecule has 3 rings (SSSR count). The van der Waals surface area contributed by atoms with Crippen LogP contribution in [-0.2, 0) is 26.2 Å². The Labute approximate surface area is 243 Å². The van der Waals surface area contributed by atoms with Gasteiger partial charge in [-0.2, -0.15) is 0 Å². The van der Waals surface area contributed by atoms with Crippen LogP contribution >= 0.6 is 23.2 Å². The molecule has 0 unspecified atom stereocenters. The number of nitrogens with zero attached hydrogens (tertiary/aromatic N) is 3. The van der Waals surface area contributed by atoms with Gasteiger partial charge in [-0.15, -0.1) is 0 Å². The highest BCUT2D eigenvalue weighted by Crippen LogP contribution is 2.34. The van der Waals surface area contributed by atoms with Crippen molar-refractivity contribution in [1.29, 1.82) is 0 Å². The van der Waals surface area contributed by atoms with Gasteiger partial charge < -0.3 is 15.0 Å². The smallest absolute Gasteiger partial charge is 0.271 e. The van der Waals surface area contributed by atoms with Crippen molar-refractivity contribution in [2.45, 2.75) is 57.7 Å². The Morgan fingerprint density at radius 3 is 2.38 bits per heavy atom. The van der Waals surface area contributed by atoms with Gasteiger partial charge in [-0.25, -0.2) is 8.42 Å². The second-order valence-corrected chi connectivity index (χ2v) is 12.3. The molecule has 1 atom stereocenters. The number of nitrogens with one attached hydrogen (secondary N) is 1. The number of halogens is 2. The number of carbonyl (C=O) groups excluding carboxylic acids is 2. The number of nitro benzene ring substituents is 1. The van der Waals surface area contributed by atoms with Crippen LogP contribution in [0.3, 0.4) is 0 Å². The van der Waals surface area contributed by atoms with Crippen LogP contribution in [0.1, 0.15) is 44.6 Å². The van der Waals surface area contributed by atoms with Gasteiger partial charge in [0.15, 0.2) is 0 Å². The number of rotatable bonds is 12. The molecule has 11 nitrogen and oxygen atoms in total. The number of hydrogen-bond donors (Lipinski definition) is 1. The maximum Gasteiger partial charge on any atom is 0.271 e. The Hall–Kier alpha value is -3.09. The van der Waals surface area contributed by atoms with E-state index >= 15 is 0 Å². The fraction of sp³-hybridized carbons (Fsp3) is 0.462. The molecule has 0 heterocycles. The van der Waals surface area contributed by atoms with Crippen LogP contribution in [0.25, 0.3) is 0 Å². The topological polar surface area (TPSA) is 139 Å². The molecular weight excluding hydrogens is 583 g/mol. The number of nitro groups is 1. The summed E-state index contributed by atoms with van der Waals surface area (Å²) in [5.74, 6) is -1.02. The van der Waals surface area contributed by atoms with E-state index in [1.807, 2.05) is 0 Å². The van der Waals surface area contributed by atoms with Gasteiger partial charge in [-0.3, -0.25) is 24.0 Å². The van der Waals surface area contributed by atoms with E-state index in [0.29, 0.717) is 10.6 Å². The lowest BCUT2D eigenvalue weighted by Crippen LogP contribution is -2.53. The van der Waals surface area contributed by atoms with Crippen molar-refractivity contribution in [2.75, 3.05) is 24.2 Å². The maximum absolute atomic E-state index is 13.9. The van der Waals surface area contributed by atoms with Crippen LogP contribution in [-0.4, -0.2) is 62.0 Å². The summed E-state index contributed by atoms with van der Waals surface area (Å²) in [5.41, 5.74) is 0.0196. The Morgan fingerprint density at radius 2 is 1.82 bits per heavy atom. The van der Waals surface area contributed by atoms with E-state index in [9.17, 15) is 28.1 Å². The molecular formula is C26H32Cl2N4O7S. The summed E-state index contributed by atoms with van der Waals surface area (Å²) < 4.78 is 31.8. The summed E-state index contributed by atoms with van der Waals surface area (Å²) in [7, 11) is -2.85. The minimum Gasteiger partial charge on any atom is -0.495 e. The zero-order valence-corrected chi connectivity index (χ0v) is 24.8.